The highest BCUT2D eigenvalue weighted by atomic mass is 32.2. The van der Waals surface area contributed by atoms with Gasteiger partial charge in [-0.2, -0.15) is 0 Å². The molecule has 3 atom stereocenters. The Morgan fingerprint density at radius 2 is 1.94 bits per heavy atom. The van der Waals surface area contributed by atoms with Crippen LogP contribution in [0.3, 0.4) is 0 Å². The molecule has 0 saturated heterocycles. The predicted octanol–water partition coefficient (Wildman–Crippen LogP) is 6.21. The van der Waals surface area contributed by atoms with Crippen molar-refractivity contribution < 1.29 is 4.79 Å². The van der Waals surface area contributed by atoms with E-state index in [-0.39, 0.29) is 17.3 Å². The fraction of sp³-hybridized carbons (Fsp3) is 0.333. The lowest BCUT2D eigenvalue weighted by atomic mass is 9.60. The van der Waals surface area contributed by atoms with Crippen LogP contribution < -0.4 is 0 Å². The molecule has 1 saturated carbocycles. The molecule has 3 aliphatic rings. The normalized spacial score (nSPS) is 26.5. The lowest BCUT2D eigenvalue weighted by Gasteiger charge is -2.46. The van der Waals surface area contributed by atoms with Crippen molar-refractivity contribution in [1.82, 2.24) is 9.55 Å². The number of carbonyl (C=O) groups is 1. The lowest BCUT2D eigenvalue weighted by Crippen LogP contribution is -2.44. The minimum Gasteiger partial charge on any atom is -0.330 e. The smallest absolute Gasteiger partial charge is 0.145 e. The summed E-state index contributed by atoms with van der Waals surface area (Å²) in [6.45, 7) is 3.16. The summed E-state index contributed by atoms with van der Waals surface area (Å²) < 4.78 is 2.27. The Hall–Kier alpha value is -2.59. The standard InChI is InChI=1S/C27H26N2OS/c1-27-16-29-17-28-25(18-8-3-2-4-9-18)23(29)14-19(27)10-7-12-22(27)26(30)21-15-31-24-13-6-5-11-20(21)24/h2-6,8-9,11,13-14,17,21-22H,7,10,12,15-16H2,1H3/t21?,22-,27+/m1/s1. The molecular weight excluding hydrogens is 400 g/mol. The fourth-order valence-corrected chi connectivity index (χ4v) is 7.12. The maximum atomic E-state index is 13.9. The van der Waals surface area contributed by atoms with Gasteiger partial charge in [0, 0.05) is 34.1 Å². The summed E-state index contributed by atoms with van der Waals surface area (Å²) in [4.78, 5) is 19.9. The van der Waals surface area contributed by atoms with E-state index in [1.165, 1.54) is 21.7 Å². The van der Waals surface area contributed by atoms with Crippen LogP contribution in [-0.2, 0) is 11.3 Å². The van der Waals surface area contributed by atoms with Gasteiger partial charge >= 0.3 is 0 Å². The summed E-state index contributed by atoms with van der Waals surface area (Å²) in [6.07, 6.45) is 7.47. The van der Waals surface area contributed by atoms with Crippen LogP contribution in [0, 0.1) is 11.3 Å². The maximum Gasteiger partial charge on any atom is 0.145 e. The molecule has 1 unspecified atom stereocenters. The molecule has 3 aromatic rings. The van der Waals surface area contributed by atoms with Gasteiger partial charge in [0.2, 0.25) is 0 Å². The molecular formula is C27H26N2OS. The predicted molar refractivity (Wildman–Crippen MR) is 126 cm³/mol. The Morgan fingerprint density at radius 1 is 1.13 bits per heavy atom. The molecule has 2 aliphatic heterocycles. The number of benzene rings is 2. The first-order valence-electron chi connectivity index (χ1n) is 11.2. The topological polar surface area (TPSA) is 34.9 Å². The van der Waals surface area contributed by atoms with Crippen molar-refractivity contribution in [3.63, 3.8) is 0 Å². The SMILES string of the molecule is C[C@]12Cn3cnc(-c4ccccc4)c3C=C1CCC[C@@H]2C(=O)C1CSc2ccccc21. The second-order valence-electron chi connectivity index (χ2n) is 9.31. The van der Waals surface area contributed by atoms with E-state index in [0.29, 0.717) is 5.78 Å². The number of carbonyl (C=O) groups excluding carboxylic acids is 1. The van der Waals surface area contributed by atoms with E-state index in [2.05, 4.69) is 66.1 Å². The van der Waals surface area contributed by atoms with Crippen molar-refractivity contribution in [2.45, 2.75) is 43.5 Å². The highest BCUT2D eigenvalue weighted by molar-refractivity contribution is 7.99. The molecule has 0 spiro atoms. The van der Waals surface area contributed by atoms with Gasteiger partial charge in [0.25, 0.3) is 0 Å². The molecule has 0 bridgehead atoms. The molecule has 3 nitrogen and oxygen atoms in total. The van der Waals surface area contributed by atoms with Gasteiger partial charge in [0.1, 0.15) is 5.78 Å². The third-order valence-electron chi connectivity index (χ3n) is 7.56. The summed E-state index contributed by atoms with van der Waals surface area (Å²) in [5.74, 6) is 1.43. The van der Waals surface area contributed by atoms with Crippen molar-refractivity contribution in [2.24, 2.45) is 11.3 Å². The number of hydrogen-bond acceptors (Lipinski definition) is 3. The molecule has 31 heavy (non-hydrogen) atoms. The number of thioether (sulfide) groups is 1. The number of aromatic nitrogens is 2. The summed E-state index contributed by atoms with van der Waals surface area (Å²) >= 11 is 1.84. The zero-order chi connectivity index (χ0) is 21.0. The second-order valence-corrected chi connectivity index (χ2v) is 10.4. The maximum absolute atomic E-state index is 13.9. The van der Waals surface area contributed by atoms with Crippen LogP contribution in [0.5, 0.6) is 0 Å². The molecule has 3 heterocycles. The summed E-state index contributed by atoms with van der Waals surface area (Å²) in [5.41, 5.74) is 5.93. The van der Waals surface area contributed by atoms with Gasteiger partial charge in [-0.25, -0.2) is 4.98 Å². The first kappa shape index (κ1) is 19.1. The molecule has 1 aliphatic carbocycles. The first-order chi connectivity index (χ1) is 15.1. The van der Waals surface area contributed by atoms with Gasteiger partial charge in [-0.05, 0) is 37.0 Å². The van der Waals surface area contributed by atoms with Gasteiger partial charge in [0.15, 0.2) is 0 Å². The van der Waals surface area contributed by atoms with Crippen molar-refractivity contribution in [2.75, 3.05) is 5.75 Å². The van der Waals surface area contributed by atoms with Gasteiger partial charge in [-0.15, -0.1) is 11.8 Å². The van der Waals surface area contributed by atoms with E-state index in [1.807, 2.05) is 24.2 Å². The molecule has 1 fully saturated rings. The third kappa shape index (κ3) is 2.95. The summed E-state index contributed by atoms with van der Waals surface area (Å²) in [5, 5.41) is 0. The van der Waals surface area contributed by atoms with Crippen molar-refractivity contribution in [3.05, 3.63) is 77.8 Å². The Kier molecular flexibility index (Phi) is 4.46. The van der Waals surface area contributed by atoms with Crippen LogP contribution in [0.25, 0.3) is 17.3 Å². The van der Waals surface area contributed by atoms with E-state index < -0.39 is 0 Å². The van der Waals surface area contributed by atoms with E-state index >= 15 is 0 Å². The highest BCUT2D eigenvalue weighted by Gasteiger charge is 2.48. The van der Waals surface area contributed by atoms with Crippen molar-refractivity contribution in [3.8, 4) is 11.3 Å². The molecule has 0 amide bonds. The Bertz CT molecular complexity index is 1190. The van der Waals surface area contributed by atoms with E-state index in [0.717, 1.165) is 42.8 Å². The number of fused-ring (bicyclic) bond motifs is 3. The number of hydrogen-bond donors (Lipinski definition) is 0. The average molecular weight is 427 g/mol. The number of nitrogens with zero attached hydrogens (tertiary/aromatic N) is 2. The largest absolute Gasteiger partial charge is 0.330 e. The summed E-state index contributed by atoms with van der Waals surface area (Å²) in [7, 11) is 0. The fourth-order valence-electron chi connectivity index (χ4n) is 5.88. The number of Topliss-reactive ketones (excluding diaryl/α,β-unsaturated/α-hetero) is 1. The van der Waals surface area contributed by atoms with E-state index in [1.54, 1.807) is 0 Å². The summed E-state index contributed by atoms with van der Waals surface area (Å²) in [6, 6.07) is 18.9. The molecule has 4 heteroatoms. The monoisotopic (exact) mass is 426 g/mol. The first-order valence-corrected chi connectivity index (χ1v) is 12.2. The van der Waals surface area contributed by atoms with Gasteiger partial charge < -0.3 is 4.57 Å². The van der Waals surface area contributed by atoms with Crippen LogP contribution in [0.2, 0.25) is 0 Å². The molecule has 2 aromatic carbocycles. The van der Waals surface area contributed by atoms with Crippen molar-refractivity contribution in [1.29, 1.82) is 0 Å². The van der Waals surface area contributed by atoms with E-state index in [4.69, 9.17) is 4.98 Å². The second kappa shape index (κ2) is 7.23. The molecule has 0 N–H and O–H groups in total. The van der Waals surface area contributed by atoms with Gasteiger partial charge in [-0.3, -0.25) is 4.79 Å². The molecule has 1 aromatic heterocycles. The van der Waals surface area contributed by atoms with Crippen LogP contribution in [0.15, 0.2) is 71.4 Å². The van der Waals surface area contributed by atoms with Crippen LogP contribution >= 0.6 is 11.8 Å². The minimum atomic E-state index is -0.126. The number of imidazole rings is 1. The third-order valence-corrected chi connectivity index (χ3v) is 8.75. The average Bonchev–Trinajstić information content (AvgIpc) is 3.41. The van der Waals surface area contributed by atoms with Gasteiger partial charge in [0.05, 0.1) is 23.6 Å². The highest BCUT2D eigenvalue weighted by Crippen LogP contribution is 2.53. The van der Waals surface area contributed by atoms with Crippen molar-refractivity contribution >= 4 is 23.6 Å². The van der Waals surface area contributed by atoms with Crippen LogP contribution in [-0.4, -0.2) is 21.1 Å². The number of ketones is 1. The zero-order valence-corrected chi connectivity index (χ0v) is 18.6. The van der Waals surface area contributed by atoms with Crippen LogP contribution in [0.1, 0.15) is 43.4 Å². The quantitative estimate of drug-likeness (QED) is 0.499. The number of rotatable bonds is 3. The molecule has 156 valence electrons. The molecule has 6 rings (SSSR count). The molecule has 0 radical (unpaired) electrons. The Labute approximate surface area is 187 Å². The van der Waals surface area contributed by atoms with Crippen LogP contribution in [0.4, 0.5) is 0 Å². The van der Waals surface area contributed by atoms with E-state index in [9.17, 15) is 4.79 Å². The number of allylic oxidation sites excluding steroid dienone is 1. The zero-order valence-electron chi connectivity index (χ0n) is 17.8. The Morgan fingerprint density at radius 3 is 2.81 bits per heavy atom. The lowest BCUT2D eigenvalue weighted by molar-refractivity contribution is -0.128. The minimum absolute atomic E-state index is 0.0337. The Balaban J connectivity index is 1.36. The van der Waals surface area contributed by atoms with Gasteiger partial charge in [-0.1, -0.05) is 61.0 Å².